The van der Waals surface area contributed by atoms with Crippen LogP contribution in [0.25, 0.3) is 0 Å². The van der Waals surface area contributed by atoms with E-state index in [1.54, 1.807) is 0 Å². The lowest BCUT2D eigenvalue weighted by molar-refractivity contribution is -0.129. The van der Waals surface area contributed by atoms with Crippen LogP contribution in [-0.2, 0) is 9.59 Å². The molecule has 2 amide bonds. The molecule has 0 radical (unpaired) electrons. The average molecular weight is 275 g/mol. The van der Waals surface area contributed by atoms with E-state index in [0.717, 1.165) is 11.3 Å². The van der Waals surface area contributed by atoms with Crippen molar-refractivity contribution in [2.75, 3.05) is 6.54 Å². The Morgan fingerprint density at radius 3 is 2.39 bits per heavy atom. The molecule has 18 heavy (non-hydrogen) atoms. The fourth-order valence-electron chi connectivity index (χ4n) is 1.50. The van der Waals surface area contributed by atoms with E-state index in [1.165, 1.54) is 6.08 Å². The highest BCUT2D eigenvalue weighted by Gasteiger charge is 2.28. The highest BCUT2D eigenvalue weighted by Crippen LogP contribution is 2.13. The molecular formula is C12H19ClN2O3. The molecule has 0 aromatic heterocycles. The molecule has 0 bridgehead atoms. The van der Waals surface area contributed by atoms with Gasteiger partial charge >= 0.3 is 5.37 Å². The monoisotopic (exact) mass is 274 g/mol. The average Bonchev–Trinajstić information content (AvgIpc) is 2.27. The Hall–Kier alpha value is -1.19. The summed E-state index contributed by atoms with van der Waals surface area (Å²) in [5, 5.41) is -0.830. The highest BCUT2D eigenvalue weighted by molar-refractivity contribution is 6.64. The van der Waals surface area contributed by atoms with Crippen LogP contribution in [0.4, 0.5) is 4.79 Å². The third kappa shape index (κ3) is 5.94. The molecule has 0 rings (SSSR count). The fraction of sp³-hybridized carbons (Fsp3) is 0.750. The molecule has 0 heterocycles. The van der Waals surface area contributed by atoms with Gasteiger partial charge in [-0.25, -0.2) is 4.79 Å². The molecule has 0 saturated heterocycles. The number of aliphatic imine (C=N–C) groups is 1. The van der Waals surface area contributed by atoms with Crippen molar-refractivity contribution in [3.63, 3.8) is 0 Å². The van der Waals surface area contributed by atoms with Crippen molar-refractivity contribution in [2.45, 2.75) is 46.1 Å². The van der Waals surface area contributed by atoms with E-state index < -0.39 is 17.3 Å². The van der Waals surface area contributed by atoms with Gasteiger partial charge in [0.15, 0.2) is 0 Å². The van der Waals surface area contributed by atoms with Gasteiger partial charge in [-0.2, -0.15) is 4.99 Å². The maximum Gasteiger partial charge on any atom is 0.323 e. The molecular weight excluding hydrogens is 256 g/mol. The molecule has 0 spiro atoms. The minimum Gasteiger partial charge on any atom is -0.272 e. The number of imide groups is 1. The van der Waals surface area contributed by atoms with Gasteiger partial charge in [0.1, 0.15) is 6.04 Å². The number of halogens is 1. The Bertz CT molecular complexity index is 338. The van der Waals surface area contributed by atoms with Crippen molar-refractivity contribution in [1.29, 1.82) is 0 Å². The molecule has 102 valence electrons. The predicted molar refractivity (Wildman–Crippen MR) is 69.2 cm³/mol. The maximum absolute atomic E-state index is 12.1. The van der Waals surface area contributed by atoms with Gasteiger partial charge in [-0.15, -0.1) is 0 Å². The van der Waals surface area contributed by atoms with Crippen molar-refractivity contribution < 1.29 is 14.4 Å². The molecule has 1 atom stereocenters. The first kappa shape index (κ1) is 16.8. The Morgan fingerprint density at radius 2 is 2.00 bits per heavy atom. The van der Waals surface area contributed by atoms with E-state index in [9.17, 15) is 14.4 Å². The van der Waals surface area contributed by atoms with E-state index in [1.807, 2.05) is 20.8 Å². The number of unbranched alkanes of at least 4 members (excludes halogenated alkanes) is 1. The minimum absolute atomic E-state index is 0.175. The normalized spacial score (nSPS) is 11.8. The number of rotatable bonds is 7. The Kier molecular flexibility index (Phi) is 8.25. The van der Waals surface area contributed by atoms with Gasteiger partial charge < -0.3 is 0 Å². The van der Waals surface area contributed by atoms with E-state index in [4.69, 9.17) is 11.6 Å². The summed E-state index contributed by atoms with van der Waals surface area (Å²) in [6, 6.07) is -0.873. The van der Waals surface area contributed by atoms with Crippen LogP contribution in [0.15, 0.2) is 4.99 Å². The Morgan fingerprint density at radius 1 is 1.39 bits per heavy atom. The third-order valence-electron chi connectivity index (χ3n) is 2.40. The van der Waals surface area contributed by atoms with Crippen molar-refractivity contribution in [3.05, 3.63) is 0 Å². The van der Waals surface area contributed by atoms with E-state index in [0.29, 0.717) is 12.8 Å². The molecule has 0 fully saturated rings. The van der Waals surface area contributed by atoms with E-state index in [2.05, 4.69) is 4.99 Å². The predicted octanol–water partition coefficient (Wildman–Crippen LogP) is 2.72. The smallest absolute Gasteiger partial charge is 0.272 e. The largest absolute Gasteiger partial charge is 0.323 e. The van der Waals surface area contributed by atoms with Crippen molar-refractivity contribution in [3.8, 4) is 0 Å². The van der Waals surface area contributed by atoms with Crippen LogP contribution in [0, 0.1) is 5.92 Å². The van der Waals surface area contributed by atoms with Gasteiger partial charge in [-0.3, -0.25) is 14.5 Å². The second-order valence-electron chi connectivity index (χ2n) is 4.46. The van der Waals surface area contributed by atoms with Crippen LogP contribution >= 0.6 is 11.6 Å². The van der Waals surface area contributed by atoms with Crippen LogP contribution in [0.5, 0.6) is 0 Å². The summed E-state index contributed by atoms with van der Waals surface area (Å²) in [5.41, 5.74) is 0. The summed E-state index contributed by atoms with van der Waals surface area (Å²) >= 11 is 5.38. The fourth-order valence-corrected chi connectivity index (χ4v) is 1.67. The summed E-state index contributed by atoms with van der Waals surface area (Å²) < 4.78 is 0. The first-order valence-corrected chi connectivity index (χ1v) is 6.39. The lowest BCUT2D eigenvalue weighted by Gasteiger charge is -2.21. The lowest BCUT2D eigenvalue weighted by Crippen LogP contribution is -2.41. The minimum atomic E-state index is -0.873. The van der Waals surface area contributed by atoms with Gasteiger partial charge in [0.2, 0.25) is 6.08 Å². The Balaban J connectivity index is 4.87. The first-order chi connectivity index (χ1) is 8.43. The van der Waals surface area contributed by atoms with E-state index >= 15 is 0 Å². The summed E-state index contributed by atoms with van der Waals surface area (Å²) in [6.07, 6.45) is 3.27. The number of isocyanates is 1. The summed E-state index contributed by atoms with van der Waals surface area (Å²) in [4.78, 5) is 38.0. The molecule has 0 aromatic rings. The van der Waals surface area contributed by atoms with Crippen molar-refractivity contribution >= 4 is 29.0 Å². The number of hydrogen-bond donors (Lipinski definition) is 0. The lowest BCUT2D eigenvalue weighted by atomic mass is 10.0. The number of hydrogen-bond acceptors (Lipinski definition) is 4. The van der Waals surface area contributed by atoms with Gasteiger partial charge in [-0.05, 0) is 30.4 Å². The zero-order valence-corrected chi connectivity index (χ0v) is 11.7. The highest BCUT2D eigenvalue weighted by atomic mass is 35.5. The second kappa shape index (κ2) is 8.84. The SMILES string of the molecule is CCCCN(C(=O)Cl)C(=O)[C@H](CC(C)C)N=C=O. The number of nitrogens with zero attached hydrogens (tertiary/aromatic N) is 2. The van der Waals surface area contributed by atoms with Gasteiger partial charge in [0.05, 0.1) is 0 Å². The topological polar surface area (TPSA) is 66.8 Å². The molecule has 5 nitrogen and oxygen atoms in total. The number of carbonyl (C=O) groups excluding carboxylic acids is 3. The maximum atomic E-state index is 12.1. The molecule has 0 aromatic carbocycles. The standard InChI is InChI=1S/C12H19ClN2O3/c1-4-5-6-15(12(13)18)11(17)10(14-8-16)7-9(2)3/h9-10H,4-7H2,1-3H3/t10-/m0/s1. The van der Waals surface area contributed by atoms with Crippen molar-refractivity contribution in [1.82, 2.24) is 4.90 Å². The molecule has 0 saturated carbocycles. The molecule has 0 unspecified atom stereocenters. The zero-order chi connectivity index (χ0) is 14.1. The molecule has 6 heteroatoms. The third-order valence-corrected chi connectivity index (χ3v) is 2.61. The van der Waals surface area contributed by atoms with Crippen LogP contribution < -0.4 is 0 Å². The van der Waals surface area contributed by atoms with Crippen LogP contribution in [0.2, 0.25) is 0 Å². The van der Waals surface area contributed by atoms with Gasteiger partial charge in [0.25, 0.3) is 5.91 Å². The molecule has 0 aliphatic heterocycles. The van der Waals surface area contributed by atoms with Crippen LogP contribution in [0.1, 0.15) is 40.0 Å². The van der Waals surface area contributed by atoms with Gasteiger partial charge in [0, 0.05) is 6.54 Å². The second-order valence-corrected chi connectivity index (χ2v) is 4.79. The molecule has 0 aliphatic rings. The number of carbonyl (C=O) groups is 2. The number of amides is 2. The zero-order valence-electron chi connectivity index (χ0n) is 11.0. The summed E-state index contributed by atoms with van der Waals surface area (Å²) in [7, 11) is 0. The molecule has 0 N–H and O–H groups in total. The quantitative estimate of drug-likeness (QED) is 0.310. The first-order valence-electron chi connectivity index (χ1n) is 6.01. The van der Waals surface area contributed by atoms with Crippen LogP contribution in [-0.4, -0.2) is 34.8 Å². The van der Waals surface area contributed by atoms with Crippen LogP contribution in [0.3, 0.4) is 0 Å². The summed E-state index contributed by atoms with van der Waals surface area (Å²) in [6.45, 7) is 6.00. The Labute approximate surface area is 112 Å². The van der Waals surface area contributed by atoms with Crippen molar-refractivity contribution in [2.24, 2.45) is 10.9 Å². The molecule has 0 aliphatic carbocycles. The van der Waals surface area contributed by atoms with E-state index in [-0.39, 0.29) is 12.5 Å². The van der Waals surface area contributed by atoms with Gasteiger partial charge in [-0.1, -0.05) is 27.2 Å². The summed E-state index contributed by atoms with van der Waals surface area (Å²) in [5.74, 6) is -0.352.